The SMILES string of the molecule is CCN1CCN(c2ccc(Nc3nnc(C(C)(C)C)c(=O)[nH]3)cc2)CC1. The van der Waals surface area contributed by atoms with Crippen LogP contribution in [0.2, 0.25) is 0 Å². The van der Waals surface area contributed by atoms with Gasteiger partial charge in [-0.15, -0.1) is 10.2 Å². The lowest BCUT2D eigenvalue weighted by atomic mass is 9.93. The van der Waals surface area contributed by atoms with Crippen LogP contribution >= 0.6 is 0 Å². The smallest absolute Gasteiger partial charge is 0.274 e. The van der Waals surface area contributed by atoms with Gasteiger partial charge >= 0.3 is 0 Å². The highest BCUT2D eigenvalue weighted by Gasteiger charge is 2.20. The van der Waals surface area contributed by atoms with E-state index < -0.39 is 0 Å². The Labute approximate surface area is 154 Å². The van der Waals surface area contributed by atoms with E-state index >= 15 is 0 Å². The summed E-state index contributed by atoms with van der Waals surface area (Å²) in [6, 6.07) is 8.19. The maximum atomic E-state index is 12.2. The van der Waals surface area contributed by atoms with Crippen molar-refractivity contribution in [3.63, 3.8) is 0 Å². The molecule has 1 aliphatic heterocycles. The quantitative estimate of drug-likeness (QED) is 0.876. The van der Waals surface area contributed by atoms with Crippen molar-refractivity contribution >= 4 is 17.3 Å². The predicted octanol–water partition coefficient (Wildman–Crippen LogP) is 2.35. The van der Waals surface area contributed by atoms with Gasteiger partial charge in [0.25, 0.3) is 5.56 Å². The Bertz CT molecular complexity index is 785. The first kappa shape index (κ1) is 18.4. The van der Waals surface area contributed by atoms with E-state index in [2.05, 4.69) is 49.4 Å². The molecule has 1 saturated heterocycles. The molecule has 2 N–H and O–H groups in total. The Hall–Kier alpha value is -2.41. The normalized spacial score (nSPS) is 15.9. The highest BCUT2D eigenvalue weighted by Crippen LogP contribution is 2.21. The van der Waals surface area contributed by atoms with Gasteiger partial charge in [-0.3, -0.25) is 9.78 Å². The molecule has 1 aromatic heterocycles. The average molecular weight is 356 g/mol. The van der Waals surface area contributed by atoms with Crippen LogP contribution in [-0.2, 0) is 5.41 Å². The zero-order valence-corrected chi connectivity index (χ0v) is 16.0. The summed E-state index contributed by atoms with van der Waals surface area (Å²) in [5.41, 5.74) is 1.98. The summed E-state index contributed by atoms with van der Waals surface area (Å²) in [6.45, 7) is 13.5. The number of H-pyrrole nitrogens is 1. The number of benzene rings is 1. The van der Waals surface area contributed by atoms with Gasteiger partial charge in [0.05, 0.1) is 0 Å². The first-order chi connectivity index (χ1) is 12.4. The monoisotopic (exact) mass is 356 g/mol. The van der Waals surface area contributed by atoms with Crippen LogP contribution in [0.5, 0.6) is 0 Å². The molecule has 0 radical (unpaired) electrons. The maximum absolute atomic E-state index is 12.2. The number of hydrogen-bond acceptors (Lipinski definition) is 6. The first-order valence-corrected chi connectivity index (χ1v) is 9.18. The molecule has 2 aromatic rings. The summed E-state index contributed by atoms with van der Waals surface area (Å²) in [4.78, 5) is 19.8. The van der Waals surface area contributed by atoms with Gasteiger partial charge < -0.3 is 15.1 Å². The Kier molecular flexibility index (Phi) is 5.27. The van der Waals surface area contributed by atoms with E-state index in [1.807, 2.05) is 32.9 Å². The van der Waals surface area contributed by atoms with Gasteiger partial charge in [-0.25, -0.2) is 0 Å². The third-order valence-electron chi connectivity index (χ3n) is 4.72. The van der Waals surface area contributed by atoms with Crippen LogP contribution in [0.15, 0.2) is 29.1 Å². The van der Waals surface area contributed by atoms with Gasteiger partial charge in [0.1, 0.15) is 5.69 Å². The third kappa shape index (κ3) is 4.22. The minimum Gasteiger partial charge on any atom is -0.369 e. The standard InChI is InChI=1S/C19H28N6O/c1-5-24-10-12-25(13-11-24)15-8-6-14(7-9-15)20-18-21-17(26)16(22-23-18)19(2,3)4/h6-9H,5,10-13H2,1-4H3,(H2,20,21,23,26). The topological polar surface area (TPSA) is 77.2 Å². The highest BCUT2D eigenvalue weighted by atomic mass is 16.1. The summed E-state index contributed by atoms with van der Waals surface area (Å²) in [6.07, 6.45) is 0. The van der Waals surface area contributed by atoms with Gasteiger partial charge in [0.15, 0.2) is 0 Å². The van der Waals surface area contributed by atoms with E-state index in [1.54, 1.807) is 0 Å². The van der Waals surface area contributed by atoms with Gasteiger partial charge in [-0.2, -0.15) is 0 Å². The molecule has 1 aromatic carbocycles. The molecule has 26 heavy (non-hydrogen) atoms. The number of likely N-dealkylation sites (N-methyl/N-ethyl adjacent to an activating group) is 1. The van der Waals surface area contributed by atoms with Gasteiger partial charge in [0, 0.05) is 43.0 Å². The minimum absolute atomic E-state index is 0.208. The number of aromatic amines is 1. The fourth-order valence-electron chi connectivity index (χ4n) is 3.10. The van der Waals surface area contributed by atoms with Crippen molar-refractivity contribution in [3.8, 4) is 0 Å². The van der Waals surface area contributed by atoms with Crippen molar-refractivity contribution in [1.29, 1.82) is 0 Å². The molecule has 0 saturated carbocycles. The van der Waals surface area contributed by atoms with E-state index in [4.69, 9.17) is 0 Å². The number of nitrogens with one attached hydrogen (secondary N) is 2. The fraction of sp³-hybridized carbons (Fsp3) is 0.526. The summed E-state index contributed by atoms with van der Waals surface area (Å²) in [7, 11) is 0. The molecule has 0 unspecified atom stereocenters. The van der Waals surface area contributed by atoms with Gasteiger partial charge in [-0.1, -0.05) is 27.7 Å². The van der Waals surface area contributed by atoms with Crippen LogP contribution < -0.4 is 15.8 Å². The Morgan fingerprint density at radius 2 is 1.73 bits per heavy atom. The van der Waals surface area contributed by atoms with Crippen LogP contribution in [0.4, 0.5) is 17.3 Å². The zero-order valence-electron chi connectivity index (χ0n) is 16.0. The average Bonchev–Trinajstić information content (AvgIpc) is 2.61. The molecule has 0 aliphatic carbocycles. The number of anilines is 3. The van der Waals surface area contributed by atoms with Crippen molar-refractivity contribution in [3.05, 3.63) is 40.3 Å². The lowest BCUT2D eigenvalue weighted by Gasteiger charge is -2.35. The molecular weight excluding hydrogens is 328 g/mol. The zero-order chi connectivity index (χ0) is 18.7. The number of aromatic nitrogens is 3. The summed E-state index contributed by atoms with van der Waals surface area (Å²) in [5.74, 6) is 0.354. The molecule has 0 spiro atoms. The van der Waals surface area contributed by atoms with Gasteiger partial charge in [0.2, 0.25) is 5.95 Å². The van der Waals surface area contributed by atoms with E-state index in [9.17, 15) is 4.79 Å². The summed E-state index contributed by atoms with van der Waals surface area (Å²) < 4.78 is 0. The van der Waals surface area contributed by atoms with Crippen molar-refractivity contribution in [2.75, 3.05) is 42.9 Å². The Morgan fingerprint density at radius 1 is 1.08 bits per heavy atom. The second-order valence-electron chi connectivity index (χ2n) is 7.69. The number of nitrogens with zero attached hydrogens (tertiary/aromatic N) is 4. The Balaban J connectivity index is 1.66. The fourth-order valence-corrected chi connectivity index (χ4v) is 3.10. The lowest BCUT2D eigenvalue weighted by molar-refractivity contribution is 0.271. The largest absolute Gasteiger partial charge is 0.369 e. The van der Waals surface area contributed by atoms with Crippen molar-refractivity contribution < 1.29 is 0 Å². The second-order valence-corrected chi connectivity index (χ2v) is 7.69. The molecule has 0 amide bonds. The summed E-state index contributed by atoms with van der Waals surface area (Å²) >= 11 is 0. The summed E-state index contributed by atoms with van der Waals surface area (Å²) in [5, 5.41) is 11.3. The third-order valence-corrected chi connectivity index (χ3v) is 4.72. The van der Waals surface area contributed by atoms with Gasteiger partial charge in [-0.05, 0) is 30.8 Å². The molecule has 2 heterocycles. The van der Waals surface area contributed by atoms with Crippen LogP contribution in [0.1, 0.15) is 33.4 Å². The van der Waals surface area contributed by atoms with Crippen molar-refractivity contribution in [2.45, 2.75) is 33.1 Å². The highest BCUT2D eigenvalue weighted by molar-refractivity contribution is 5.59. The predicted molar refractivity (Wildman–Crippen MR) is 105 cm³/mol. The molecule has 3 rings (SSSR count). The molecule has 1 aliphatic rings. The number of hydrogen-bond donors (Lipinski definition) is 2. The molecular formula is C19H28N6O. The number of piperazine rings is 1. The number of rotatable bonds is 4. The van der Waals surface area contributed by atoms with E-state index in [0.717, 1.165) is 38.4 Å². The maximum Gasteiger partial charge on any atom is 0.274 e. The van der Waals surface area contributed by atoms with E-state index in [-0.39, 0.29) is 11.0 Å². The van der Waals surface area contributed by atoms with E-state index in [1.165, 1.54) is 5.69 Å². The first-order valence-electron chi connectivity index (χ1n) is 9.18. The molecule has 7 heteroatoms. The van der Waals surface area contributed by atoms with Crippen LogP contribution in [-0.4, -0.2) is 52.8 Å². The molecule has 1 fully saturated rings. The second kappa shape index (κ2) is 7.45. The van der Waals surface area contributed by atoms with Crippen molar-refractivity contribution in [2.24, 2.45) is 0 Å². The minimum atomic E-state index is -0.331. The van der Waals surface area contributed by atoms with E-state index in [0.29, 0.717) is 11.6 Å². The lowest BCUT2D eigenvalue weighted by Crippen LogP contribution is -2.46. The van der Waals surface area contributed by atoms with Crippen LogP contribution in [0, 0.1) is 0 Å². The van der Waals surface area contributed by atoms with Crippen LogP contribution in [0.25, 0.3) is 0 Å². The van der Waals surface area contributed by atoms with Crippen molar-refractivity contribution in [1.82, 2.24) is 20.1 Å². The molecule has 140 valence electrons. The molecule has 0 bridgehead atoms. The van der Waals surface area contributed by atoms with Crippen LogP contribution in [0.3, 0.4) is 0 Å². The Morgan fingerprint density at radius 3 is 2.27 bits per heavy atom. The molecule has 0 atom stereocenters. The molecule has 7 nitrogen and oxygen atoms in total.